The predicted octanol–water partition coefficient (Wildman–Crippen LogP) is 2.54. The summed E-state index contributed by atoms with van der Waals surface area (Å²) in [6, 6.07) is 7.34. The van der Waals surface area contributed by atoms with Crippen molar-refractivity contribution in [3.05, 3.63) is 51.7 Å². The van der Waals surface area contributed by atoms with Crippen LogP contribution in [-0.2, 0) is 6.54 Å². The van der Waals surface area contributed by atoms with Crippen molar-refractivity contribution >= 4 is 22.7 Å². The van der Waals surface area contributed by atoms with Gasteiger partial charge in [0.15, 0.2) is 0 Å². The summed E-state index contributed by atoms with van der Waals surface area (Å²) in [5.74, 6) is 2.15. The average molecular weight is 350 g/mol. The van der Waals surface area contributed by atoms with Crippen molar-refractivity contribution in [1.29, 1.82) is 0 Å². The smallest absolute Gasteiger partial charge is 0.258 e. The first-order valence-electron chi connectivity index (χ1n) is 8.94. The molecule has 1 fully saturated rings. The van der Waals surface area contributed by atoms with Gasteiger partial charge in [-0.15, -0.1) is 0 Å². The molecule has 1 aromatic carbocycles. The van der Waals surface area contributed by atoms with Crippen LogP contribution in [0.15, 0.2) is 29.1 Å². The zero-order valence-electron chi connectivity index (χ0n) is 15.0. The number of H-pyrrole nitrogens is 1. The van der Waals surface area contributed by atoms with Crippen molar-refractivity contribution in [3.8, 4) is 0 Å². The van der Waals surface area contributed by atoms with E-state index in [2.05, 4.69) is 25.2 Å². The lowest BCUT2D eigenvalue weighted by Gasteiger charge is -2.18. The fourth-order valence-corrected chi connectivity index (χ4v) is 3.23. The molecule has 134 valence electrons. The molecule has 0 radical (unpaired) electrons. The van der Waals surface area contributed by atoms with Crippen LogP contribution in [0, 0.1) is 13.8 Å². The third kappa shape index (κ3) is 3.12. The van der Waals surface area contributed by atoms with Crippen LogP contribution in [0.2, 0.25) is 0 Å². The van der Waals surface area contributed by atoms with Gasteiger partial charge in [-0.2, -0.15) is 4.98 Å². The largest absolute Gasteiger partial charge is 0.362 e. The van der Waals surface area contributed by atoms with E-state index in [1.54, 1.807) is 6.07 Å². The summed E-state index contributed by atoms with van der Waals surface area (Å²) in [6.07, 6.45) is 2.36. The molecule has 1 saturated heterocycles. The highest BCUT2D eigenvalue weighted by Gasteiger charge is 2.17. The summed E-state index contributed by atoms with van der Waals surface area (Å²) in [6.45, 7) is 6.40. The van der Waals surface area contributed by atoms with Gasteiger partial charge in [-0.25, -0.2) is 9.97 Å². The predicted molar refractivity (Wildman–Crippen MR) is 103 cm³/mol. The minimum Gasteiger partial charge on any atom is -0.362 e. The first kappa shape index (κ1) is 16.5. The highest BCUT2D eigenvalue weighted by atomic mass is 16.1. The van der Waals surface area contributed by atoms with Gasteiger partial charge >= 0.3 is 0 Å². The molecule has 3 heterocycles. The second-order valence-corrected chi connectivity index (χ2v) is 6.66. The van der Waals surface area contributed by atoms with E-state index in [1.807, 2.05) is 32.0 Å². The van der Waals surface area contributed by atoms with Gasteiger partial charge in [0.1, 0.15) is 11.6 Å². The zero-order chi connectivity index (χ0) is 18.1. The van der Waals surface area contributed by atoms with Crippen molar-refractivity contribution in [2.75, 3.05) is 23.3 Å². The zero-order valence-corrected chi connectivity index (χ0v) is 15.0. The van der Waals surface area contributed by atoms with Crippen molar-refractivity contribution in [3.63, 3.8) is 0 Å². The van der Waals surface area contributed by atoms with E-state index in [-0.39, 0.29) is 5.56 Å². The van der Waals surface area contributed by atoms with Crippen LogP contribution in [-0.4, -0.2) is 33.0 Å². The average Bonchev–Trinajstić information content (AvgIpc) is 3.17. The summed E-state index contributed by atoms with van der Waals surface area (Å²) in [5.41, 5.74) is 2.54. The topological polar surface area (TPSA) is 86.8 Å². The molecule has 4 rings (SSSR count). The Morgan fingerprint density at radius 1 is 1.12 bits per heavy atom. The lowest BCUT2D eigenvalue weighted by Crippen LogP contribution is -2.22. The van der Waals surface area contributed by atoms with Gasteiger partial charge in [-0.1, -0.05) is 12.1 Å². The third-order valence-electron chi connectivity index (χ3n) is 4.85. The summed E-state index contributed by atoms with van der Waals surface area (Å²) >= 11 is 0. The molecule has 0 unspecified atom stereocenters. The molecule has 7 nitrogen and oxygen atoms in total. The first-order chi connectivity index (χ1) is 12.6. The van der Waals surface area contributed by atoms with E-state index >= 15 is 0 Å². The highest BCUT2D eigenvalue weighted by molar-refractivity contribution is 5.77. The molecule has 7 heteroatoms. The Labute approximate surface area is 151 Å². The molecular formula is C19H22N6O. The number of aromatic nitrogens is 4. The first-order valence-corrected chi connectivity index (χ1v) is 8.94. The number of benzene rings is 1. The molecule has 2 N–H and O–H groups in total. The standard InChI is InChI=1S/C19H22N6O/c1-12-13(2)21-19(25-9-5-6-10-25)24-17(12)20-11-16-22-15-8-4-3-7-14(15)18(26)23-16/h3-4,7-8H,5-6,9-11H2,1-2H3,(H,20,21,24)(H,22,23,26). The van der Waals surface area contributed by atoms with E-state index in [1.165, 1.54) is 12.8 Å². The van der Waals surface area contributed by atoms with Crippen LogP contribution in [0.5, 0.6) is 0 Å². The third-order valence-corrected chi connectivity index (χ3v) is 4.85. The molecule has 2 aromatic heterocycles. The molecule has 26 heavy (non-hydrogen) atoms. The summed E-state index contributed by atoms with van der Waals surface area (Å²) in [5, 5.41) is 3.91. The number of nitrogens with zero attached hydrogens (tertiary/aromatic N) is 4. The van der Waals surface area contributed by atoms with Gasteiger partial charge in [0.2, 0.25) is 5.95 Å². The molecule has 1 aliphatic heterocycles. The Kier molecular flexibility index (Phi) is 4.28. The van der Waals surface area contributed by atoms with Gasteiger partial charge in [-0.05, 0) is 38.8 Å². The number of hydrogen-bond acceptors (Lipinski definition) is 6. The molecule has 0 atom stereocenters. The Balaban J connectivity index is 1.60. The van der Waals surface area contributed by atoms with E-state index in [4.69, 9.17) is 4.98 Å². The SMILES string of the molecule is Cc1nc(N2CCCC2)nc(NCc2nc3ccccc3c(=O)[nH]2)c1C. The minimum absolute atomic E-state index is 0.124. The molecule has 1 aliphatic rings. The monoisotopic (exact) mass is 350 g/mol. The van der Waals surface area contributed by atoms with Crippen LogP contribution in [0.25, 0.3) is 10.9 Å². The van der Waals surface area contributed by atoms with Gasteiger partial charge < -0.3 is 15.2 Å². The van der Waals surface area contributed by atoms with E-state index in [9.17, 15) is 4.79 Å². The van der Waals surface area contributed by atoms with Crippen LogP contribution in [0.4, 0.5) is 11.8 Å². The van der Waals surface area contributed by atoms with Crippen molar-refractivity contribution < 1.29 is 0 Å². The van der Waals surface area contributed by atoms with Crippen molar-refractivity contribution in [1.82, 2.24) is 19.9 Å². The van der Waals surface area contributed by atoms with Crippen molar-refractivity contribution in [2.45, 2.75) is 33.2 Å². The number of para-hydroxylation sites is 1. The maximum absolute atomic E-state index is 12.2. The van der Waals surface area contributed by atoms with Crippen LogP contribution >= 0.6 is 0 Å². The number of hydrogen-bond donors (Lipinski definition) is 2. The van der Waals surface area contributed by atoms with Gasteiger partial charge in [0.05, 0.1) is 17.4 Å². The summed E-state index contributed by atoms with van der Waals surface area (Å²) in [4.78, 5) is 31.1. The second kappa shape index (κ2) is 6.74. The second-order valence-electron chi connectivity index (χ2n) is 6.66. The maximum atomic E-state index is 12.2. The Bertz CT molecular complexity index is 1010. The Morgan fingerprint density at radius 2 is 1.88 bits per heavy atom. The fraction of sp³-hybridized carbons (Fsp3) is 0.368. The van der Waals surface area contributed by atoms with E-state index < -0.39 is 0 Å². The van der Waals surface area contributed by atoms with Crippen molar-refractivity contribution in [2.24, 2.45) is 0 Å². The number of fused-ring (bicyclic) bond motifs is 1. The van der Waals surface area contributed by atoms with Crippen LogP contribution in [0.1, 0.15) is 29.9 Å². The molecule has 0 amide bonds. The number of aromatic amines is 1. The number of aryl methyl sites for hydroxylation is 1. The Morgan fingerprint density at radius 3 is 2.69 bits per heavy atom. The quantitative estimate of drug-likeness (QED) is 0.752. The molecule has 0 spiro atoms. The molecule has 3 aromatic rings. The summed E-state index contributed by atoms with van der Waals surface area (Å²) in [7, 11) is 0. The molecule has 0 aliphatic carbocycles. The highest BCUT2D eigenvalue weighted by Crippen LogP contribution is 2.22. The van der Waals surface area contributed by atoms with Gasteiger partial charge in [0.25, 0.3) is 5.56 Å². The van der Waals surface area contributed by atoms with Crippen LogP contribution < -0.4 is 15.8 Å². The lowest BCUT2D eigenvalue weighted by molar-refractivity contribution is 0.874. The molecular weight excluding hydrogens is 328 g/mol. The normalized spacial score (nSPS) is 14.2. The number of rotatable bonds is 4. The minimum atomic E-state index is -0.124. The van der Waals surface area contributed by atoms with E-state index in [0.717, 1.165) is 36.1 Å². The maximum Gasteiger partial charge on any atom is 0.258 e. The van der Waals surface area contributed by atoms with Crippen LogP contribution in [0.3, 0.4) is 0 Å². The molecule has 0 saturated carbocycles. The Hall–Kier alpha value is -2.96. The summed E-state index contributed by atoms with van der Waals surface area (Å²) < 4.78 is 0. The fourth-order valence-electron chi connectivity index (χ4n) is 3.23. The van der Waals surface area contributed by atoms with E-state index in [0.29, 0.717) is 23.3 Å². The number of anilines is 2. The lowest BCUT2D eigenvalue weighted by atomic mass is 10.2. The van der Waals surface area contributed by atoms with Gasteiger partial charge in [0, 0.05) is 24.3 Å². The molecule has 0 bridgehead atoms. The van der Waals surface area contributed by atoms with Gasteiger partial charge in [-0.3, -0.25) is 4.79 Å². The number of nitrogens with one attached hydrogen (secondary N) is 2.